The summed E-state index contributed by atoms with van der Waals surface area (Å²) in [5, 5.41) is 13.4. The average Bonchev–Trinajstić information content (AvgIpc) is 2.58. The van der Waals surface area contributed by atoms with Crippen molar-refractivity contribution in [1.82, 2.24) is 9.62 Å². The van der Waals surface area contributed by atoms with Crippen molar-refractivity contribution in [3.63, 3.8) is 0 Å². The Morgan fingerprint density at radius 2 is 1.92 bits per heavy atom. The lowest BCUT2D eigenvalue weighted by molar-refractivity contribution is -0.384. The van der Waals surface area contributed by atoms with Gasteiger partial charge in [-0.1, -0.05) is 0 Å². The van der Waals surface area contributed by atoms with Gasteiger partial charge in [0.05, 0.1) is 11.2 Å². The number of hydrogen-bond acceptors (Lipinski definition) is 5. The number of benzene rings is 1. The first-order valence-electron chi connectivity index (χ1n) is 7.91. The van der Waals surface area contributed by atoms with E-state index in [-0.39, 0.29) is 17.5 Å². The molecule has 0 unspecified atom stereocenters. The zero-order valence-electron chi connectivity index (χ0n) is 13.9. The van der Waals surface area contributed by atoms with Crippen LogP contribution in [0.2, 0.25) is 0 Å². The maximum atomic E-state index is 11.8. The molecule has 0 radical (unpaired) electrons. The summed E-state index contributed by atoms with van der Waals surface area (Å²) < 4.78 is 24.4. The van der Waals surface area contributed by atoms with Crippen molar-refractivity contribution < 1.29 is 18.1 Å². The molecule has 1 saturated heterocycles. The molecular formula is C16H21N3O5S. The Morgan fingerprint density at radius 3 is 2.44 bits per heavy atom. The summed E-state index contributed by atoms with van der Waals surface area (Å²) in [4.78, 5) is 21.9. The number of piperidine rings is 1. The Balaban J connectivity index is 1.76. The van der Waals surface area contributed by atoms with Crippen LogP contribution in [0.5, 0.6) is 0 Å². The minimum atomic E-state index is -3.14. The first kappa shape index (κ1) is 19.1. The number of nitro benzene ring substituents is 1. The number of nitrogens with one attached hydrogen (secondary N) is 1. The van der Waals surface area contributed by atoms with Gasteiger partial charge in [-0.05, 0) is 42.5 Å². The first-order valence-corrected chi connectivity index (χ1v) is 9.76. The largest absolute Gasteiger partial charge is 0.352 e. The Morgan fingerprint density at radius 1 is 1.32 bits per heavy atom. The van der Waals surface area contributed by atoms with Gasteiger partial charge >= 0.3 is 0 Å². The zero-order chi connectivity index (χ0) is 18.4. The van der Waals surface area contributed by atoms with Crippen molar-refractivity contribution in [1.29, 1.82) is 0 Å². The SMILES string of the molecule is CS(=O)(=O)N1CCC(CNC(=O)/C=C/c2ccc([N+](=O)[O-])cc2)CC1. The van der Waals surface area contributed by atoms with Gasteiger partial charge in [0, 0.05) is 37.8 Å². The normalized spacial score (nSPS) is 16.8. The second-order valence-corrected chi connectivity index (χ2v) is 8.01. The van der Waals surface area contributed by atoms with E-state index in [0.29, 0.717) is 25.2 Å². The molecule has 1 aromatic carbocycles. The van der Waals surface area contributed by atoms with Gasteiger partial charge in [-0.3, -0.25) is 14.9 Å². The number of rotatable bonds is 6. The predicted octanol–water partition coefficient (Wildman–Crippen LogP) is 1.40. The number of nitro groups is 1. The molecule has 1 amide bonds. The summed E-state index contributed by atoms with van der Waals surface area (Å²) in [6, 6.07) is 5.91. The number of sulfonamides is 1. The van der Waals surface area contributed by atoms with E-state index in [2.05, 4.69) is 5.32 Å². The molecule has 0 aromatic heterocycles. The second kappa shape index (κ2) is 8.21. The topological polar surface area (TPSA) is 110 Å². The van der Waals surface area contributed by atoms with Gasteiger partial charge in [0.1, 0.15) is 0 Å². The number of carbonyl (C=O) groups excluding carboxylic acids is 1. The second-order valence-electron chi connectivity index (χ2n) is 6.03. The van der Waals surface area contributed by atoms with Crippen LogP contribution in [0.25, 0.3) is 6.08 Å². The molecule has 9 heteroatoms. The molecule has 25 heavy (non-hydrogen) atoms. The molecule has 136 valence electrons. The summed E-state index contributed by atoms with van der Waals surface area (Å²) in [5.74, 6) is 0.0126. The van der Waals surface area contributed by atoms with E-state index in [4.69, 9.17) is 0 Å². The third-order valence-electron chi connectivity index (χ3n) is 4.14. The molecule has 0 spiro atoms. The van der Waals surface area contributed by atoms with E-state index in [1.165, 1.54) is 28.8 Å². The highest BCUT2D eigenvalue weighted by atomic mass is 32.2. The van der Waals surface area contributed by atoms with E-state index in [0.717, 1.165) is 12.8 Å². The van der Waals surface area contributed by atoms with E-state index in [1.807, 2.05) is 0 Å². The molecule has 0 atom stereocenters. The van der Waals surface area contributed by atoms with Gasteiger partial charge in [-0.15, -0.1) is 0 Å². The first-order chi connectivity index (χ1) is 11.8. The molecule has 1 aromatic rings. The fourth-order valence-corrected chi connectivity index (χ4v) is 3.50. The predicted molar refractivity (Wildman–Crippen MR) is 94.3 cm³/mol. The van der Waals surface area contributed by atoms with Gasteiger partial charge in [-0.2, -0.15) is 0 Å². The minimum Gasteiger partial charge on any atom is -0.352 e. The van der Waals surface area contributed by atoms with Crippen molar-refractivity contribution in [2.75, 3.05) is 25.9 Å². The fourth-order valence-electron chi connectivity index (χ4n) is 2.63. The van der Waals surface area contributed by atoms with E-state index in [1.54, 1.807) is 18.2 Å². The summed E-state index contributed by atoms with van der Waals surface area (Å²) in [7, 11) is -3.14. The summed E-state index contributed by atoms with van der Waals surface area (Å²) in [5.41, 5.74) is 0.698. The van der Waals surface area contributed by atoms with Gasteiger partial charge in [0.15, 0.2) is 0 Å². The van der Waals surface area contributed by atoms with Crippen LogP contribution in [0.1, 0.15) is 18.4 Å². The lowest BCUT2D eigenvalue weighted by atomic mass is 9.98. The molecule has 2 rings (SSSR count). The Labute approximate surface area is 146 Å². The highest BCUT2D eigenvalue weighted by Gasteiger charge is 2.24. The molecule has 0 aliphatic carbocycles. The third-order valence-corrected chi connectivity index (χ3v) is 5.44. The van der Waals surface area contributed by atoms with Crippen LogP contribution >= 0.6 is 0 Å². The maximum Gasteiger partial charge on any atom is 0.269 e. The number of amides is 1. The summed E-state index contributed by atoms with van der Waals surface area (Å²) >= 11 is 0. The molecule has 8 nitrogen and oxygen atoms in total. The Kier molecular flexibility index (Phi) is 6.27. The molecule has 1 aliphatic heterocycles. The molecule has 0 bridgehead atoms. The number of nitrogens with zero attached hydrogens (tertiary/aromatic N) is 2. The highest BCUT2D eigenvalue weighted by Crippen LogP contribution is 2.18. The Bertz CT molecular complexity index is 750. The van der Waals surface area contributed by atoms with Crippen molar-refractivity contribution in [2.45, 2.75) is 12.8 Å². The number of non-ortho nitro benzene ring substituents is 1. The van der Waals surface area contributed by atoms with Crippen LogP contribution in [0.15, 0.2) is 30.3 Å². The fraction of sp³-hybridized carbons (Fsp3) is 0.438. The standard InChI is InChI=1S/C16H21N3O5S/c1-25(23,24)18-10-8-14(9-11-18)12-17-16(20)7-4-13-2-5-15(6-3-13)19(21)22/h2-7,14H,8-12H2,1H3,(H,17,20)/b7-4+. The van der Waals surface area contributed by atoms with Gasteiger partial charge in [-0.25, -0.2) is 12.7 Å². The molecule has 1 aliphatic rings. The van der Waals surface area contributed by atoms with Crippen LogP contribution in [0, 0.1) is 16.0 Å². The quantitative estimate of drug-likeness (QED) is 0.464. The molecule has 0 saturated carbocycles. The lowest BCUT2D eigenvalue weighted by Gasteiger charge is -2.30. The summed E-state index contributed by atoms with van der Waals surface area (Å²) in [6.07, 6.45) is 5.62. The smallest absolute Gasteiger partial charge is 0.269 e. The average molecular weight is 367 g/mol. The lowest BCUT2D eigenvalue weighted by Crippen LogP contribution is -2.40. The molecule has 1 N–H and O–H groups in total. The number of carbonyl (C=O) groups is 1. The van der Waals surface area contributed by atoms with Crippen LogP contribution in [-0.4, -0.2) is 49.4 Å². The number of hydrogen-bond donors (Lipinski definition) is 1. The Hall–Kier alpha value is -2.26. The van der Waals surface area contributed by atoms with Crippen LogP contribution < -0.4 is 5.32 Å². The van der Waals surface area contributed by atoms with Crippen molar-refractivity contribution in [3.8, 4) is 0 Å². The maximum absolute atomic E-state index is 11.8. The monoisotopic (exact) mass is 367 g/mol. The highest BCUT2D eigenvalue weighted by molar-refractivity contribution is 7.88. The van der Waals surface area contributed by atoms with Crippen molar-refractivity contribution in [3.05, 3.63) is 46.0 Å². The van der Waals surface area contributed by atoms with E-state index >= 15 is 0 Å². The zero-order valence-corrected chi connectivity index (χ0v) is 14.7. The van der Waals surface area contributed by atoms with Gasteiger partial charge in [0.2, 0.25) is 15.9 Å². The van der Waals surface area contributed by atoms with E-state index in [9.17, 15) is 23.3 Å². The minimum absolute atomic E-state index is 0.00189. The van der Waals surface area contributed by atoms with Crippen LogP contribution in [-0.2, 0) is 14.8 Å². The van der Waals surface area contributed by atoms with Crippen molar-refractivity contribution in [2.24, 2.45) is 5.92 Å². The van der Waals surface area contributed by atoms with E-state index < -0.39 is 14.9 Å². The van der Waals surface area contributed by atoms with Gasteiger partial charge in [0.25, 0.3) is 5.69 Å². The molecule has 1 fully saturated rings. The molecule has 1 heterocycles. The van der Waals surface area contributed by atoms with Gasteiger partial charge < -0.3 is 5.32 Å². The summed E-state index contributed by atoms with van der Waals surface area (Å²) in [6.45, 7) is 1.47. The van der Waals surface area contributed by atoms with Crippen LogP contribution in [0.3, 0.4) is 0 Å². The van der Waals surface area contributed by atoms with Crippen LogP contribution in [0.4, 0.5) is 5.69 Å². The molecular weight excluding hydrogens is 346 g/mol. The van der Waals surface area contributed by atoms with Crippen molar-refractivity contribution >= 4 is 27.7 Å². The third kappa shape index (κ3) is 5.95.